The molecule has 0 saturated carbocycles. The van der Waals surface area contributed by atoms with Crippen LogP contribution in [0.4, 0.5) is 0 Å². The minimum absolute atomic E-state index is 0. The fraction of sp³-hybridized carbons (Fsp3) is 0.368. The van der Waals surface area contributed by atoms with Gasteiger partial charge in [-0.15, -0.1) is 24.0 Å². The number of para-hydroxylation sites is 1. The number of nitrogens with one attached hydrogen (secondary N) is 2. The lowest BCUT2D eigenvalue weighted by molar-refractivity contribution is 0.409. The SMILES string of the molecule is CN=C(NCCCCn1ccccc1=O)NCc1ccccc1OC.I. The molecule has 26 heavy (non-hydrogen) atoms. The van der Waals surface area contributed by atoms with Crippen LogP contribution >= 0.6 is 24.0 Å². The Balaban J connectivity index is 0.00000338. The van der Waals surface area contributed by atoms with Gasteiger partial charge in [0.15, 0.2) is 5.96 Å². The van der Waals surface area contributed by atoms with E-state index in [9.17, 15) is 4.79 Å². The van der Waals surface area contributed by atoms with Crippen molar-refractivity contribution in [3.63, 3.8) is 0 Å². The van der Waals surface area contributed by atoms with Crippen LogP contribution in [0.5, 0.6) is 5.75 Å². The van der Waals surface area contributed by atoms with Gasteiger partial charge in [-0.2, -0.15) is 0 Å². The van der Waals surface area contributed by atoms with Crippen LogP contribution in [0.3, 0.4) is 0 Å². The van der Waals surface area contributed by atoms with Crippen molar-refractivity contribution in [3.05, 3.63) is 64.6 Å². The predicted octanol–water partition coefficient (Wildman–Crippen LogP) is 2.62. The summed E-state index contributed by atoms with van der Waals surface area (Å²) in [5.74, 6) is 1.61. The number of guanidine groups is 1. The number of nitrogens with zero attached hydrogens (tertiary/aromatic N) is 2. The fourth-order valence-corrected chi connectivity index (χ4v) is 2.51. The number of unbranched alkanes of at least 4 members (excludes halogenated alkanes) is 1. The minimum Gasteiger partial charge on any atom is -0.496 e. The third-order valence-corrected chi connectivity index (χ3v) is 3.88. The van der Waals surface area contributed by atoms with E-state index in [0.29, 0.717) is 6.54 Å². The second-order valence-corrected chi connectivity index (χ2v) is 5.60. The van der Waals surface area contributed by atoms with Crippen LogP contribution in [0.2, 0.25) is 0 Å². The number of rotatable bonds is 8. The molecule has 142 valence electrons. The number of hydrogen-bond donors (Lipinski definition) is 2. The van der Waals surface area contributed by atoms with Crippen molar-refractivity contribution in [2.24, 2.45) is 4.99 Å². The summed E-state index contributed by atoms with van der Waals surface area (Å²) in [4.78, 5) is 15.8. The number of halogens is 1. The van der Waals surface area contributed by atoms with Gasteiger partial charge in [-0.05, 0) is 25.0 Å². The summed E-state index contributed by atoms with van der Waals surface area (Å²) in [6.45, 7) is 2.17. The number of pyridine rings is 1. The molecule has 0 radical (unpaired) electrons. The maximum Gasteiger partial charge on any atom is 0.250 e. The highest BCUT2D eigenvalue weighted by atomic mass is 127. The Morgan fingerprint density at radius 3 is 2.62 bits per heavy atom. The van der Waals surface area contributed by atoms with Crippen LogP contribution in [0, 0.1) is 0 Å². The Hall–Kier alpha value is -2.03. The lowest BCUT2D eigenvalue weighted by Crippen LogP contribution is -2.37. The Morgan fingerprint density at radius 2 is 1.88 bits per heavy atom. The molecular formula is C19H27IN4O2. The molecule has 2 rings (SSSR count). The van der Waals surface area contributed by atoms with Crippen molar-refractivity contribution in [1.29, 1.82) is 0 Å². The monoisotopic (exact) mass is 470 g/mol. The first kappa shape index (κ1) is 22.0. The van der Waals surface area contributed by atoms with Crippen molar-refractivity contribution in [2.75, 3.05) is 20.7 Å². The van der Waals surface area contributed by atoms with Crippen LogP contribution in [0.1, 0.15) is 18.4 Å². The number of aliphatic imine (C=N–C) groups is 1. The maximum absolute atomic E-state index is 11.6. The van der Waals surface area contributed by atoms with Crippen molar-refractivity contribution >= 4 is 29.9 Å². The van der Waals surface area contributed by atoms with Gasteiger partial charge in [-0.3, -0.25) is 9.79 Å². The summed E-state index contributed by atoms with van der Waals surface area (Å²) in [6, 6.07) is 13.1. The summed E-state index contributed by atoms with van der Waals surface area (Å²) in [5.41, 5.74) is 1.13. The van der Waals surface area contributed by atoms with Gasteiger partial charge in [-0.1, -0.05) is 24.3 Å². The van der Waals surface area contributed by atoms with Gasteiger partial charge in [0.25, 0.3) is 0 Å². The summed E-state index contributed by atoms with van der Waals surface area (Å²) in [5, 5.41) is 6.57. The Morgan fingerprint density at radius 1 is 1.12 bits per heavy atom. The molecule has 1 heterocycles. The number of methoxy groups -OCH3 is 1. The zero-order valence-corrected chi connectivity index (χ0v) is 17.6. The molecule has 0 unspecified atom stereocenters. The van der Waals surface area contributed by atoms with E-state index < -0.39 is 0 Å². The van der Waals surface area contributed by atoms with Gasteiger partial charge in [0.1, 0.15) is 5.75 Å². The van der Waals surface area contributed by atoms with E-state index in [1.807, 2.05) is 36.5 Å². The molecule has 0 spiro atoms. The number of hydrogen-bond acceptors (Lipinski definition) is 3. The van der Waals surface area contributed by atoms with Crippen LogP contribution in [-0.2, 0) is 13.1 Å². The molecule has 2 N–H and O–H groups in total. The highest BCUT2D eigenvalue weighted by Crippen LogP contribution is 2.16. The van der Waals surface area contributed by atoms with E-state index in [2.05, 4.69) is 15.6 Å². The molecule has 0 aliphatic heterocycles. The van der Waals surface area contributed by atoms with E-state index in [4.69, 9.17) is 4.74 Å². The lowest BCUT2D eigenvalue weighted by Gasteiger charge is -2.13. The van der Waals surface area contributed by atoms with Crippen LogP contribution in [-0.4, -0.2) is 31.2 Å². The number of ether oxygens (including phenoxy) is 1. The van der Waals surface area contributed by atoms with Gasteiger partial charge in [-0.25, -0.2) is 0 Å². The first-order valence-corrected chi connectivity index (χ1v) is 8.46. The summed E-state index contributed by atoms with van der Waals surface area (Å²) in [6.07, 6.45) is 3.71. The summed E-state index contributed by atoms with van der Waals surface area (Å²) >= 11 is 0. The molecule has 6 nitrogen and oxygen atoms in total. The number of aromatic nitrogens is 1. The van der Waals surface area contributed by atoms with Gasteiger partial charge in [0.2, 0.25) is 5.56 Å². The van der Waals surface area contributed by atoms with E-state index in [1.165, 1.54) is 0 Å². The number of benzene rings is 1. The van der Waals surface area contributed by atoms with E-state index >= 15 is 0 Å². The largest absolute Gasteiger partial charge is 0.496 e. The maximum atomic E-state index is 11.6. The van der Waals surface area contributed by atoms with Crippen LogP contribution < -0.4 is 20.9 Å². The van der Waals surface area contributed by atoms with Gasteiger partial charge in [0.05, 0.1) is 7.11 Å². The average molecular weight is 470 g/mol. The Kier molecular flexibility index (Phi) is 10.5. The topological polar surface area (TPSA) is 67.7 Å². The van der Waals surface area contributed by atoms with E-state index in [0.717, 1.165) is 43.2 Å². The molecule has 0 aliphatic rings. The fourth-order valence-electron chi connectivity index (χ4n) is 2.51. The van der Waals surface area contributed by atoms with Crippen LogP contribution in [0.25, 0.3) is 0 Å². The molecule has 2 aromatic rings. The van der Waals surface area contributed by atoms with Crippen LogP contribution in [0.15, 0.2) is 58.4 Å². The predicted molar refractivity (Wildman–Crippen MR) is 117 cm³/mol. The Bertz CT molecular complexity index is 746. The zero-order chi connectivity index (χ0) is 17.9. The van der Waals surface area contributed by atoms with Crippen molar-refractivity contribution in [3.8, 4) is 5.75 Å². The molecule has 1 aromatic heterocycles. The molecule has 0 amide bonds. The van der Waals surface area contributed by atoms with Gasteiger partial charge < -0.3 is 19.9 Å². The zero-order valence-electron chi connectivity index (χ0n) is 15.3. The van der Waals surface area contributed by atoms with Gasteiger partial charge >= 0.3 is 0 Å². The standard InChI is InChI=1S/C19H26N4O2.HI/c1-20-19(22-15-16-9-3-4-10-17(16)25-2)21-12-6-8-14-23-13-7-5-11-18(23)24;/h3-5,7,9-11,13H,6,8,12,14-15H2,1-2H3,(H2,20,21,22);1H. The number of aryl methyl sites for hydroxylation is 1. The summed E-state index contributed by atoms with van der Waals surface area (Å²) < 4.78 is 7.08. The average Bonchev–Trinajstić information content (AvgIpc) is 2.65. The van der Waals surface area contributed by atoms with E-state index in [-0.39, 0.29) is 29.5 Å². The second kappa shape index (κ2) is 12.3. The lowest BCUT2D eigenvalue weighted by atomic mass is 10.2. The highest BCUT2D eigenvalue weighted by Gasteiger charge is 2.03. The van der Waals surface area contributed by atoms with E-state index in [1.54, 1.807) is 30.9 Å². The first-order chi connectivity index (χ1) is 12.2. The smallest absolute Gasteiger partial charge is 0.250 e. The van der Waals surface area contributed by atoms with Gasteiger partial charge in [0, 0.05) is 44.5 Å². The summed E-state index contributed by atoms with van der Waals surface area (Å²) in [7, 11) is 3.42. The highest BCUT2D eigenvalue weighted by molar-refractivity contribution is 14.0. The molecule has 0 bridgehead atoms. The van der Waals surface area contributed by atoms with Crippen molar-refractivity contribution in [1.82, 2.24) is 15.2 Å². The molecule has 0 aliphatic carbocycles. The second-order valence-electron chi connectivity index (χ2n) is 5.60. The van der Waals surface area contributed by atoms with Crippen molar-refractivity contribution < 1.29 is 4.74 Å². The molecule has 1 aromatic carbocycles. The molecule has 7 heteroatoms. The third-order valence-electron chi connectivity index (χ3n) is 3.88. The molecule has 0 saturated heterocycles. The minimum atomic E-state index is 0. The quantitative estimate of drug-likeness (QED) is 0.270. The third kappa shape index (κ3) is 7.07. The first-order valence-electron chi connectivity index (χ1n) is 8.46. The van der Waals surface area contributed by atoms with Crippen molar-refractivity contribution in [2.45, 2.75) is 25.9 Å². The molecule has 0 atom stereocenters. The molecule has 0 fully saturated rings. The normalized spacial score (nSPS) is 10.8. The Labute approximate surface area is 171 Å². The molecular weight excluding hydrogens is 443 g/mol.